The summed E-state index contributed by atoms with van der Waals surface area (Å²) in [6.07, 6.45) is 5.81. The summed E-state index contributed by atoms with van der Waals surface area (Å²) in [5, 5.41) is 19.8. The van der Waals surface area contributed by atoms with Gasteiger partial charge in [-0.2, -0.15) is 4.99 Å². The first-order chi connectivity index (χ1) is 19.6. The van der Waals surface area contributed by atoms with Gasteiger partial charge in [-0.3, -0.25) is 14.5 Å². The quantitative estimate of drug-likeness (QED) is 0.376. The largest absolute Gasteiger partial charge is 0.481 e. The Morgan fingerprint density at radius 1 is 1.15 bits per heavy atom. The lowest BCUT2D eigenvalue weighted by Crippen LogP contribution is -2.43. The number of amides is 1. The molecular formula is C30H38FN5O5. The van der Waals surface area contributed by atoms with Gasteiger partial charge in [0.05, 0.1) is 28.7 Å². The van der Waals surface area contributed by atoms with Crippen LogP contribution >= 0.6 is 0 Å². The van der Waals surface area contributed by atoms with Crippen LogP contribution in [0.5, 0.6) is 5.88 Å². The van der Waals surface area contributed by atoms with Crippen LogP contribution in [0.3, 0.4) is 0 Å². The van der Waals surface area contributed by atoms with E-state index in [9.17, 15) is 24.2 Å². The number of imidazole rings is 1. The number of piperidine rings is 1. The first-order valence-electron chi connectivity index (χ1n) is 14.3. The number of ether oxygens (including phenoxy) is 1. The molecule has 0 atom stereocenters. The molecule has 2 aromatic heterocycles. The number of aliphatic carboxylic acids is 1. The maximum atomic E-state index is 13.7. The standard InChI is InChI=1S/C30H38FN5O5/c1-30(2,40)21-10-12-35(13-11-21)14-15-41-26-17-25-24(18-32-26)33-29(34-27(37)20-4-3-5-22(31)16-20)36(25)23-8-6-19(7-9-23)28(38)39/h3-5,16-19,21,23,40H,6-15H2,1-2H3,(H,38,39)(H,33,34,37). The van der Waals surface area contributed by atoms with E-state index in [0.29, 0.717) is 55.2 Å². The topological polar surface area (TPSA) is 133 Å². The van der Waals surface area contributed by atoms with Crippen LogP contribution in [-0.4, -0.2) is 73.4 Å². The van der Waals surface area contributed by atoms with E-state index in [1.165, 1.54) is 18.2 Å². The number of carboxylic acid groups (broad SMARTS) is 1. The van der Waals surface area contributed by atoms with Crippen LogP contribution in [0.15, 0.2) is 41.5 Å². The number of benzene rings is 1. The minimum Gasteiger partial charge on any atom is -0.481 e. The van der Waals surface area contributed by atoms with Crippen LogP contribution in [0.25, 0.3) is 11.0 Å². The predicted octanol–water partition coefficient (Wildman–Crippen LogP) is 3.92. The number of carbonyl (C=O) groups is 2. The predicted molar refractivity (Wildman–Crippen MR) is 150 cm³/mol. The number of aliphatic hydroxyl groups is 1. The third kappa shape index (κ3) is 6.84. The Hall–Kier alpha value is -3.57. The number of likely N-dealkylation sites (tertiary alicyclic amines) is 1. The average molecular weight is 568 g/mol. The third-order valence-corrected chi connectivity index (χ3v) is 8.53. The molecule has 1 saturated heterocycles. The van der Waals surface area contributed by atoms with Crippen LogP contribution in [0.2, 0.25) is 0 Å². The summed E-state index contributed by atoms with van der Waals surface area (Å²) in [4.78, 5) is 38.7. The first-order valence-corrected chi connectivity index (χ1v) is 14.3. The number of nitrogens with one attached hydrogen (secondary N) is 1. The van der Waals surface area contributed by atoms with Crippen molar-refractivity contribution in [1.29, 1.82) is 0 Å². The van der Waals surface area contributed by atoms with E-state index < -0.39 is 23.3 Å². The van der Waals surface area contributed by atoms with Gasteiger partial charge in [0.1, 0.15) is 12.4 Å². The fourth-order valence-corrected chi connectivity index (χ4v) is 6.05. The number of carbonyl (C=O) groups excluding carboxylic acids is 1. The molecular weight excluding hydrogens is 529 g/mol. The number of aromatic amines is 1. The molecule has 3 heterocycles. The van der Waals surface area contributed by atoms with Crippen molar-refractivity contribution < 1.29 is 28.9 Å². The lowest BCUT2D eigenvalue weighted by molar-refractivity contribution is -0.143. The monoisotopic (exact) mass is 567 g/mol. The van der Waals surface area contributed by atoms with Gasteiger partial charge in [0.15, 0.2) is 0 Å². The number of halogens is 1. The van der Waals surface area contributed by atoms with Gasteiger partial charge in [-0.25, -0.2) is 9.37 Å². The van der Waals surface area contributed by atoms with E-state index in [1.54, 1.807) is 6.20 Å². The number of aromatic nitrogens is 3. The van der Waals surface area contributed by atoms with Crippen LogP contribution < -0.4 is 10.4 Å². The van der Waals surface area contributed by atoms with E-state index in [1.807, 2.05) is 24.5 Å². The zero-order chi connectivity index (χ0) is 29.1. The number of hydrogen-bond donors (Lipinski definition) is 3. The van der Waals surface area contributed by atoms with E-state index >= 15 is 0 Å². The van der Waals surface area contributed by atoms with Gasteiger partial charge in [-0.05, 0) is 89.6 Å². The SMILES string of the molecule is CC(C)(O)C1CCN(CCOc2cc3c(cn2)[nH]/c(=N/C(=O)c2cccc(F)c2)n3C2CCC(C(=O)O)CC2)CC1. The minimum absolute atomic E-state index is 0.0780. The molecule has 0 radical (unpaired) electrons. The number of carboxylic acids is 1. The molecule has 1 aromatic carbocycles. The molecule has 0 bridgehead atoms. The Bertz CT molecular complexity index is 1460. The molecule has 3 aromatic rings. The maximum Gasteiger partial charge on any atom is 0.306 e. The van der Waals surface area contributed by atoms with Crippen molar-refractivity contribution in [3.8, 4) is 5.88 Å². The third-order valence-electron chi connectivity index (χ3n) is 8.53. The second-order valence-corrected chi connectivity index (χ2v) is 11.7. The first kappa shape index (κ1) is 28.9. The van der Waals surface area contributed by atoms with Crippen LogP contribution in [0.4, 0.5) is 4.39 Å². The van der Waals surface area contributed by atoms with Crippen molar-refractivity contribution in [2.24, 2.45) is 16.8 Å². The molecule has 1 aliphatic carbocycles. The average Bonchev–Trinajstić information content (AvgIpc) is 3.30. The van der Waals surface area contributed by atoms with Gasteiger partial charge in [-0.1, -0.05) is 6.07 Å². The second-order valence-electron chi connectivity index (χ2n) is 11.7. The molecule has 0 unspecified atom stereocenters. The molecule has 3 N–H and O–H groups in total. The highest BCUT2D eigenvalue weighted by atomic mass is 19.1. The summed E-state index contributed by atoms with van der Waals surface area (Å²) in [6.45, 7) is 6.76. The summed E-state index contributed by atoms with van der Waals surface area (Å²) >= 11 is 0. The van der Waals surface area contributed by atoms with Gasteiger partial charge in [0.25, 0.3) is 5.91 Å². The number of hydrogen-bond acceptors (Lipinski definition) is 6. The molecule has 1 saturated carbocycles. The summed E-state index contributed by atoms with van der Waals surface area (Å²) in [5.41, 5.74) is 1.20. The van der Waals surface area contributed by atoms with Crippen LogP contribution in [-0.2, 0) is 4.79 Å². The Balaban J connectivity index is 1.36. The van der Waals surface area contributed by atoms with Crippen LogP contribution in [0.1, 0.15) is 68.8 Å². The van der Waals surface area contributed by atoms with Crippen LogP contribution in [0, 0.1) is 17.7 Å². The van der Waals surface area contributed by atoms with Gasteiger partial charge < -0.3 is 24.5 Å². The smallest absolute Gasteiger partial charge is 0.306 e. The highest BCUT2D eigenvalue weighted by molar-refractivity contribution is 5.95. The number of H-pyrrole nitrogens is 1. The number of nitrogens with zero attached hydrogens (tertiary/aromatic N) is 4. The Morgan fingerprint density at radius 3 is 2.54 bits per heavy atom. The molecule has 220 valence electrons. The van der Waals surface area contributed by atoms with Gasteiger partial charge in [-0.15, -0.1) is 0 Å². The van der Waals surface area contributed by atoms with Crippen molar-refractivity contribution in [2.45, 2.75) is 64.0 Å². The normalized spacial score (nSPS) is 21.3. The van der Waals surface area contributed by atoms with Crippen molar-refractivity contribution >= 4 is 22.9 Å². The van der Waals surface area contributed by atoms with Crippen molar-refractivity contribution in [3.63, 3.8) is 0 Å². The van der Waals surface area contributed by atoms with Gasteiger partial charge >= 0.3 is 5.97 Å². The molecule has 11 heteroatoms. The summed E-state index contributed by atoms with van der Waals surface area (Å²) < 4.78 is 21.7. The molecule has 41 heavy (non-hydrogen) atoms. The molecule has 0 spiro atoms. The molecule has 5 rings (SSSR count). The highest BCUT2D eigenvalue weighted by Crippen LogP contribution is 2.34. The fourth-order valence-electron chi connectivity index (χ4n) is 6.05. The Kier molecular flexibility index (Phi) is 8.55. The summed E-state index contributed by atoms with van der Waals surface area (Å²) in [7, 11) is 0. The molecule has 1 amide bonds. The summed E-state index contributed by atoms with van der Waals surface area (Å²) in [5.74, 6) is -1.54. The van der Waals surface area contributed by atoms with Crippen molar-refractivity contribution in [1.82, 2.24) is 19.4 Å². The lowest BCUT2D eigenvalue weighted by atomic mass is 9.83. The fraction of sp³-hybridized carbons (Fsp3) is 0.533. The zero-order valence-corrected chi connectivity index (χ0v) is 23.6. The molecule has 1 aliphatic heterocycles. The Labute approximate surface area is 237 Å². The van der Waals surface area contributed by atoms with Crippen molar-refractivity contribution in [2.75, 3.05) is 26.2 Å². The molecule has 2 aliphatic rings. The highest BCUT2D eigenvalue weighted by Gasteiger charge is 2.31. The van der Waals surface area contributed by atoms with Crippen molar-refractivity contribution in [3.05, 3.63) is 53.5 Å². The van der Waals surface area contributed by atoms with E-state index in [0.717, 1.165) is 44.1 Å². The molecule has 2 fully saturated rings. The summed E-state index contributed by atoms with van der Waals surface area (Å²) in [6, 6.07) is 7.14. The van der Waals surface area contributed by atoms with Gasteiger partial charge in [0.2, 0.25) is 11.5 Å². The molecule has 10 nitrogen and oxygen atoms in total. The lowest BCUT2D eigenvalue weighted by Gasteiger charge is -2.37. The number of pyridine rings is 1. The maximum absolute atomic E-state index is 13.7. The number of fused-ring (bicyclic) bond motifs is 1. The Morgan fingerprint density at radius 2 is 1.88 bits per heavy atom. The minimum atomic E-state index is -0.789. The second kappa shape index (κ2) is 12.1. The number of rotatable bonds is 8. The van der Waals surface area contributed by atoms with E-state index in [-0.39, 0.29) is 17.5 Å². The van der Waals surface area contributed by atoms with Gasteiger partial charge in [0, 0.05) is 24.2 Å². The van der Waals surface area contributed by atoms with E-state index in [2.05, 4.69) is 19.9 Å². The zero-order valence-electron chi connectivity index (χ0n) is 23.6. The van der Waals surface area contributed by atoms with E-state index in [4.69, 9.17) is 4.74 Å².